The zero-order valence-corrected chi connectivity index (χ0v) is 9.58. The Labute approximate surface area is 87.0 Å². The molecule has 1 aliphatic rings. The molecule has 0 unspecified atom stereocenters. The van der Waals surface area contributed by atoms with Crippen LogP contribution in [0.25, 0.3) is 0 Å². The maximum Gasteiger partial charge on any atom is 0.306 e. The lowest BCUT2D eigenvalue weighted by atomic mass is 9.88. The van der Waals surface area contributed by atoms with E-state index in [0.29, 0.717) is 18.3 Å². The molecule has 0 aromatic carbocycles. The van der Waals surface area contributed by atoms with Gasteiger partial charge in [-0.3, -0.25) is 4.79 Å². The fourth-order valence-electron chi connectivity index (χ4n) is 2.23. The number of carbonyl (C=O) groups is 1. The summed E-state index contributed by atoms with van der Waals surface area (Å²) in [6, 6.07) is 0. The van der Waals surface area contributed by atoms with Crippen LogP contribution in [0, 0.1) is 11.8 Å². The van der Waals surface area contributed by atoms with Crippen LogP contribution in [0.4, 0.5) is 0 Å². The van der Waals surface area contributed by atoms with Crippen molar-refractivity contribution in [2.24, 2.45) is 11.8 Å². The van der Waals surface area contributed by atoms with Gasteiger partial charge < -0.3 is 4.74 Å². The first-order valence-electron chi connectivity index (χ1n) is 5.84. The number of unbranched alkanes of at least 4 members (excludes halogenated alkanes) is 2. The molecule has 0 N–H and O–H groups in total. The van der Waals surface area contributed by atoms with Gasteiger partial charge in [-0.2, -0.15) is 0 Å². The summed E-state index contributed by atoms with van der Waals surface area (Å²) in [6.45, 7) is 6.47. The lowest BCUT2D eigenvalue weighted by Crippen LogP contribution is -2.22. The Morgan fingerprint density at radius 3 is 2.71 bits per heavy atom. The summed E-state index contributed by atoms with van der Waals surface area (Å²) in [7, 11) is 0. The lowest BCUT2D eigenvalue weighted by Gasteiger charge is -2.20. The van der Waals surface area contributed by atoms with Crippen molar-refractivity contribution in [1.29, 1.82) is 0 Å². The van der Waals surface area contributed by atoms with E-state index in [4.69, 9.17) is 4.74 Å². The molecule has 2 atom stereocenters. The van der Waals surface area contributed by atoms with Crippen LogP contribution < -0.4 is 0 Å². The zero-order valence-electron chi connectivity index (χ0n) is 9.58. The molecule has 2 heteroatoms. The smallest absolute Gasteiger partial charge is 0.306 e. The molecular formula is C12H22O2. The predicted molar refractivity (Wildman–Crippen MR) is 57.0 cm³/mol. The van der Waals surface area contributed by atoms with E-state index < -0.39 is 0 Å². The highest BCUT2D eigenvalue weighted by Gasteiger charge is 2.35. The SMILES string of the molecule is CCCCC[C@H]1CC(=O)O[C@H]1C(C)C. The fourth-order valence-corrected chi connectivity index (χ4v) is 2.23. The maximum absolute atomic E-state index is 11.2. The van der Waals surface area contributed by atoms with Crippen molar-refractivity contribution in [3.8, 4) is 0 Å². The summed E-state index contributed by atoms with van der Waals surface area (Å²) >= 11 is 0. The Bertz CT molecular complexity index is 187. The molecule has 0 amide bonds. The third-order valence-corrected chi connectivity index (χ3v) is 3.00. The van der Waals surface area contributed by atoms with E-state index in [9.17, 15) is 4.79 Å². The van der Waals surface area contributed by atoms with Gasteiger partial charge in [0.15, 0.2) is 0 Å². The molecule has 0 aromatic heterocycles. The molecule has 0 aromatic rings. The highest BCUT2D eigenvalue weighted by atomic mass is 16.6. The van der Waals surface area contributed by atoms with Crippen molar-refractivity contribution >= 4 is 5.97 Å². The minimum Gasteiger partial charge on any atom is -0.462 e. The summed E-state index contributed by atoms with van der Waals surface area (Å²) in [5, 5.41) is 0. The second kappa shape index (κ2) is 5.38. The van der Waals surface area contributed by atoms with Gasteiger partial charge in [0.2, 0.25) is 0 Å². The minimum absolute atomic E-state index is 0.00481. The van der Waals surface area contributed by atoms with Crippen molar-refractivity contribution in [3.63, 3.8) is 0 Å². The molecule has 0 spiro atoms. The van der Waals surface area contributed by atoms with Crippen LogP contribution in [0.1, 0.15) is 52.9 Å². The normalized spacial score (nSPS) is 27.0. The van der Waals surface area contributed by atoms with E-state index in [-0.39, 0.29) is 12.1 Å². The molecule has 1 saturated heterocycles. The first kappa shape index (κ1) is 11.5. The molecule has 82 valence electrons. The number of cyclic esters (lactones) is 1. The summed E-state index contributed by atoms with van der Waals surface area (Å²) in [6.07, 6.45) is 5.73. The van der Waals surface area contributed by atoms with Crippen molar-refractivity contribution < 1.29 is 9.53 Å². The highest BCUT2D eigenvalue weighted by Crippen LogP contribution is 2.31. The van der Waals surface area contributed by atoms with Crippen LogP contribution >= 0.6 is 0 Å². The third kappa shape index (κ3) is 3.00. The quantitative estimate of drug-likeness (QED) is 0.501. The van der Waals surface area contributed by atoms with Gasteiger partial charge in [-0.1, -0.05) is 40.0 Å². The van der Waals surface area contributed by atoms with Gasteiger partial charge in [-0.25, -0.2) is 0 Å². The highest BCUT2D eigenvalue weighted by molar-refractivity contribution is 5.72. The van der Waals surface area contributed by atoms with Gasteiger partial charge in [-0.15, -0.1) is 0 Å². The van der Waals surface area contributed by atoms with Gasteiger partial charge in [-0.05, 0) is 12.3 Å². The molecule has 14 heavy (non-hydrogen) atoms. The number of rotatable bonds is 5. The topological polar surface area (TPSA) is 26.3 Å². The average Bonchev–Trinajstić information content (AvgIpc) is 2.47. The molecule has 0 aliphatic carbocycles. The predicted octanol–water partition coefficient (Wildman–Crippen LogP) is 3.15. The minimum atomic E-state index is 0.00481. The second-order valence-corrected chi connectivity index (χ2v) is 4.66. The van der Waals surface area contributed by atoms with Gasteiger partial charge in [0.25, 0.3) is 0 Å². The van der Waals surface area contributed by atoms with Crippen LogP contribution in [-0.2, 0) is 9.53 Å². The molecule has 1 heterocycles. The van der Waals surface area contributed by atoms with E-state index in [1.807, 2.05) is 0 Å². The summed E-state index contributed by atoms with van der Waals surface area (Å²) in [5.41, 5.74) is 0. The van der Waals surface area contributed by atoms with Gasteiger partial charge in [0.05, 0.1) is 6.42 Å². The number of hydrogen-bond acceptors (Lipinski definition) is 2. The molecule has 0 saturated carbocycles. The Kier molecular flexibility index (Phi) is 4.43. The van der Waals surface area contributed by atoms with E-state index in [1.54, 1.807) is 0 Å². The monoisotopic (exact) mass is 198 g/mol. The molecule has 0 bridgehead atoms. The van der Waals surface area contributed by atoms with E-state index in [0.717, 1.165) is 6.42 Å². The van der Waals surface area contributed by atoms with Crippen LogP contribution in [0.2, 0.25) is 0 Å². The third-order valence-electron chi connectivity index (χ3n) is 3.00. The van der Waals surface area contributed by atoms with Gasteiger partial charge in [0.1, 0.15) is 6.10 Å². The average molecular weight is 198 g/mol. The number of esters is 1. The summed E-state index contributed by atoms with van der Waals surface area (Å²) in [4.78, 5) is 11.2. The Balaban J connectivity index is 2.37. The van der Waals surface area contributed by atoms with E-state index >= 15 is 0 Å². The first-order chi connectivity index (χ1) is 6.65. The summed E-state index contributed by atoms with van der Waals surface area (Å²) in [5.74, 6) is 0.951. The van der Waals surface area contributed by atoms with Crippen LogP contribution in [0.3, 0.4) is 0 Å². The maximum atomic E-state index is 11.2. The van der Waals surface area contributed by atoms with Crippen molar-refractivity contribution in [1.82, 2.24) is 0 Å². The van der Waals surface area contributed by atoms with Gasteiger partial charge >= 0.3 is 5.97 Å². The molecule has 1 rings (SSSR count). The molecule has 1 fully saturated rings. The Morgan fingerprint density at radius 1 is 1.43 bits per heavy atom. The van der Waals surface area contributed by atoms with Crippen molar-refractivity contribution in [2.45, 2.75) is 59.0 Å². The number of hydrogen-bond donors (Lipinski definition) is 0. The van der Waals surface area contributed by atoms with E-state index in [1.165, 1.54) is 19.3 Å². The molecule has 0 radical (unpaired) electrons. The Hall–Kier alpha value is -0.530. The number of carbonyl (C=O) groups excluding carboxylic acids is 1. The second-order valence-electron chi connectivity index (χ2n) is 4.66. The van der Waals surface area contributed by atoms with Crippen molar-refractivity contribution in [3.05, 3.63) is 0 Å². The van der Waals surface area contributed by atoms with Crippen LogP contribution in [0.15, 0.2) is 0 Å². The van der Waals surface area contributed by atoms with E-state index in [2.05, 4.69) is 20.8 Å². The number of ether oxygens (including phenoxy) is 1. The lowest BCUT2D eigenvalue weighted by molar-refractivity contribution is -0.143. The molecular weight excluding hydrogens is 176 g/mol. The fraction of sp³-hybridized carbons (Fsp3) is 0.917. The van der Waals surface area contributed by atoms with Crippen molar-refractivity contribution in [2.75, 3.05) is 0 Å². The molecule has 2 nitrogen and oxygen atoms in total. The summed E-state index contributed by atoms with van der Waals surface area (Å²) < 4.78 is 5.33. The standard InChI is InChI=1S/C12H22O2/c1-4-5-6-7-10-8-11(13)14-12(10)9(2)3/h9-10,12H,4-8H2,1-3H3/t10-,12-/m0/s1. The molecule has 1 aliphatic heterocycles. The van der Waals surface area contributed by atoms with Crippen LogP contribution in [0.5, 0.6) is 0 Å². The van der Waals surface area contributed by atoms with Crippen LogP contribution in [-0.4, -0.2) is 12.1 Å². The zero-order chi connectivity index (χ0) is 10.6. The van der Waals surface area contributed by atoms with Gasteiger partial charge in [0, 0.05) is 5.92 Å². The Morgan fingerprint density at radius 2 is 2.14 bits per heavy atom. The largest absolute Gasteiger partial charge is 0.462 e. The first-order valence-corrected chi connectivity index (χ1v) is 5.84.